The Morgan fingerprint density at radius 1 is 1.24 bits per heavy atom. The maximum Gasteiger partial charge on any atom is 0.125 e. The summed E-state index contributed by atoms with van der Waals surface area (Å²) >= 11 is 0. The van der Waals surface area contributed by atoms with Gasteiger partial charge in [0.25, 0.3) is 0 Å². The van der Waals surface area contributed by atoms with Crippen LogP contribution in [0.2, 0.25) is 0 Å². The molecule has 2 aliphatic heterocycles. The molecule has 1 N–H and O–H groups in total. The Bertz CT molecular complexity index is 386. The molecule has 1 fully saturated rings. The maximum absolute atomic E-state index is 5.74. The number of benzene rings is 1. The second-order valence-electron chi connectivity index (χ2n) is 4.85. The molecule has 1 saturated heterocycles. The molecular weight excluding hydrogens is 212 g/mol. The van der Waals surface area contributed by atoms with Gasteiger partial charge in [0, 0.05) is 39.1 Å². The minimum atomic E-state index is 0.861. The van der Waals surface area contributed by atoms with Crippen LogP contribution in [0.4, 0.5) is 0 Å². The largest absolute Gasteiger partial charge is 0.493 e. The van der Waals surface area contributed by atoms with Crippen LogP contribution in [-0.2, 0) is 12.8 Å². The first-order valence-electron chi connectivity index (χ1n) is 6.60. The van der Waals surface area contributed by atoms with E-state index >= 15 is 0 Å². The third-order valence-electron chi connectivity index (χ3n) is 3.70. The Morgan fingerprint density at radius 2 is 2.12 bits per heavy atom. The lowest BCUT2D eigenvalue weighted by atomic mass is 10.1. The minimum absolute atomic E-state index is 0.861. The Morgan fingerprint density at radius 3 is 3.00 bits per heavy atom. The third-order valence-corrected chi connectivity index (χ3v) is 3.70. The predicted molar refractivity (Wildman–Crippen MR) is 68.7 cm³/mol. The molecule has 0 radical (unpaired) electrons. The van der Waals surface area contributed by atoms with E-state index in [0.29, 0.717) is 0 Å². The molecule has 92 valence electrons. The molecule has 0 spiro atoms. The van der Waals surface area contributed by atoms with E-state index in [0.717, 1.165) is 39.1 Å². The number of nitrogens with one attached hydrogen (secondary N) is 1. The maximum atomic E-state index is 5.74. The number of piperazine rings is 1. The smallest absolute Gasteiger partial charge is 0.125 e. The summed E-state index contributed by atoms with van der Waals surface area (Å²) in [5.74, 6) is 1.17. The van der Waals surface area contributed by atoms with E-state index in [1.807, 2.05) is 0 Å². The molecule has 0 saturated carbocycles. The number of hydrogen-bond donors (Lipinski definition) is 1. The molecule has 2 heterocycles. The number of ether oxygens (including phenoxy) is 1. The van der Waals surface area contributed by atoms with Gasteiger partial charge in [-0.2, -0.15) is 0 Å². The van der Waals surface area contributed by atoms with Crippen LogP contribution < -0.4 is 10.1 Å². The lowest BCUT2D eigenvalue weighted by Gasteiger charge is -2.27. The highest BCUT2D eigenvalue weighted by atomic mass is 16.5. The Hall–Kier alpha value is -1.06. The molecule has 3 heteroatoms. The van der Waals surface area contributed by atoms with Crippen molar-refractivity contribution >= 4 is 0 Å². The van der Waals surface area contributed by atoms with Crippen LogP contribution >= 0.6 is 0 Å². The SMILES string of the molecule is c1cc2c(c(CCN3CCNCC3)c1)OCC2. The first kappa shape index (κ1) is 11.1. The fourth-order valence-electron chi connectivity index (χ4n) is 2.69. The van der Waals surface area contributed by atoms with E-state index in [9.17, 15) is 0 Å². The normalized spacial score (nSPS) is 20.0. The Labute approximate surface area is 103 Å². The summed E-state index contributed by atoms with van der Waals surface area (Å²) in [6, 6.07) is 6.57. The van der Waals surface area contributed by atoms with Gasteiger partial charge in [0.1, 0.15) is 5.75 Å². The predicted octanol–water partition coefficient (Wildman–Crippen LogP) is 1.07. The van der Waals surface area contributed by atoms with E-state index in [-0.39, 0.29) is 0 Å². The monoisotopic (exact) mass is 232 g/mol. The Balaban J connectivity index is 1.63. The quantitative estimate of drug-likeness (QED) is 0.843. The van der Waals surface area contributed by atoms with Gasteiger partial charge in [-0.25, -0.2) is 0 Å². The fourth-order valence-corrected chi connectivity index (χ4v) is 2.69. The van der Waals surface area contributed by atoms with Gasteiger partial charge >= 0.3 is 0 Å². The van der Waals surface area contributed by atoms with Gasteiger partial charge in [0.05, 0.1) is 6.61 Å². The van der Waals surface area contributed by atoms with Gasteiger partial charge < -0.3 is 15.0 Å². The summed E-state index contributed by atoms with van der Waals surface area (Å²) in [5.41, 5.74) is 2.78. The zero-order valence-electron chi connectivity index (χ0n) is 10.2. The first-order valence-corrected chi connectivity index (χ1v) is 6.60. The molecule has 0 aromatic heterocycles. The van der Waals surface area contributed by atoms with Gasteiger partial charge in [0.2, 0.25) is 0 Å². The number of fused-ring (bicyclic) bond motifs is 1. The number of nitrogens with zero attached hydrogens (tertiary/aromatic N) is 1. The van der Waals surface area contributed by atoms with E-state index in [1.165, 1.54) is 30.0 Å². The van der Waals surface area contributed by atoms with Crippen molar-refractivity contribution in [3.8, 4) is 5.75 Å². The highest BCUT2D eigenvalue weighted by molar-refractivity contribution is 5.44. The molecule has 2 aliphatic rings. The van der Waals surface area contributed by atoms with Crippen molar-refractivity contribution in [3.63, 3.8) is 0 Å². The molecule has 0 unspecified atom stereocenters. The van der Waals surface area contributed by atoms with Crippen LogP contribution in [0.25, 0.3) is 0 Å². The van der Waals surface area contributed by atoms with Crippen LogP contribution in [0.3, 0.4) is 0 Å². The van der Waals surface area contributed by atoms with Gasteiger partial charge in [0.15, 0.2) is 0 Å². The van der Waals surface area contributed by atoms with Crippen molar-refractivity contribution in [1.29, 1.82) is 0 Å². The summed E-state index contributed by atoms with van der Waals surface area (Å²) in [4.78, 5) is 2.53. The van der Waals surface area contributed by atoms with Crippen LogP contribution in [0.5, 0.6) is 5.75 Å². The van der Waals surface area contributed by atoms with Crippen molar-refractivity contribution in [2.24, 2.45) is 0 Å². The van der Waals surface area contributed by atoms with Crippen molar-refractivity contribution in [2.45, 2.75) is 12.8 Å². The summed E-state index contributed by atoms with van der Waals surface area (Å²) in [6.07, 6.45) is 2.19. The summed E-state index contributed by atoms with van der Waals surface area (Å²) < 4.78 is 5.74. The second kappa shape index (κ2) is 5.07. The van der Waals surface area contributed by atoms with Gasteiger partial charge in [-0.3, -0.25) is 0 Å². The lowest BCUT2D eigenvalue weighted by Crippen LogP contribution is -2.44. The zero-order chi connectivity index (χ0) is 11.5. The van der Waals surface area contributed by atoms with Crippen LogP contribution in [0.15, 0.2) is 18.2 Å². The molecule has 3 nitrogen and oxygen atoms in total. The second-order valence-corrected chi connectivity index (χ2v) is 4.85. The standard InChI is InChI=1S/C14H20N2O/c1-2-12(14-13(3-1)5-11-17-14)4-8-16-9-6-15-7-10-16/h1-3,15H,4-11H2. The van der Waals surface area contributed by atoms with Crippen molar-refractivity contribution in [2.75, 3.05) is 39.3 Å². The highest BCUT2D eigenvalue weighted by Crippen LogP contribution is 2.29. The van der Waals surface area contributed by atoms with Gasteiger partial charge in [-0.05, 0) is 17.5 Å². The van der Waals surface area contributed by atoms with E-state index in [4.69, 9.17) is 4.74 Å². The molecular formula is C14H20N2O. The summed E-state index contributed by atoms with van der Waals surface area (Å²) in [7, 11) is 0. The Kier molecular flexibility index (Phi) is 3.29. The molecule has 0 bridgehead atoms. The zero-order valence-corrected chi connectivity index (χ0v) is 10.2. The number of para-hydroxylation sites is 1. The first-order chi connectivity index (χ1) is 8.43. The van der Waals surface area contributed by atoms with E-state index < -0.39 is 0 Å². The average molecular weight is 232 g/mol. The molecule has 17 heavy (non-hydrogen) atoms. The number of hydrogen-bond acceptors (Lipinski definition) is 3. The molecule has 1 aromatic carbocycles. The van der Waals surface area contributed by atoms with Crippen LogP contribution in [0, 0.1) is 0 Å². The highest BCUT2D eigenvalue weighted by Gasteiger charge is 2.16. The lowest BCUT2D eigenvalue weighted by molar-refractivity contribution is 0.243. The number of rotatable bonds is 3. The summed E-state index contributed by atoms with van der Waals surface area (Å²) in [5, 5.41) is 3.39. The summed E-state index contributed by atoms with van der Waals surface area (Å²) in [6.45, 7) is 6.63. The molecule has 1 aromatic rings. The molecule has 3 rings (SSSR count). The topological polar surface area (TPSA) is 24.5 Å². The third kappa shape index (κ3) is 2.45. The van der Waals surface area contributed by atoms with Crippen molar-refractivity contribution in [3.05, 3.63) is 29.3 Å². The van der Waals surface area contributed by atoms with Gasteiger partial charge in [-0.15, -0.1) is 0 Å². The molecule has 0 amide bonds. The fraction of sp³-hybridized carbons (Fsp3) is 0.571. The minimum Gasteiger partial charge on any atom is -0.493 e. The average Bonchev–Trinajstić information content (AvgIpc) is 2.86. The van der Waals surface area contributed by atoms with E-state index in [1.54, 1.807) is 0 Å². The van der Waals surface area contributed by atoms with Crippen molar-refractivity contribution < 1.29 is 4.74 Å². The molecule has 0 aliphatic carbocycles. The van der Waals surface area contributed by atoms with Gasteiger partial charge in [-0.1, -0.05) is 18.2 Å². The van der Waals surface area contributed by atoms with Crippen molar-refractivity contribution in [1.82, 2.24) is 10.2 Å². The van der Waals surface area contributed by atoms with Crippen LogP contribution in [-0.4, -0.2) is 44.2 Å². The van der Waals surface area contributed by atoms with E-state index in [2.05, 4.69) is 28.4 Å². The molecule has 0 atom stereocenters. The van der Waals surface area contributed by atoms with Crippen LogP contribution in [0.1, 0.15) is 11.1 Å².